The van der Waals surface area contributed by atoms with Crippen LogP contribution >= 0.6 is 0 Å². The van der Waals surface area contributed by atoms with Crippen molar-refractivity contribution in [2.24, 2.45) is 0 Å². The van der Waals surface area contributed by atoms with Gasteiger partial charge in [0.1, 0.15) is 5.82 Å². The summed E-state index contributed by atoms with van der Waals surface area (Å²) in [6.07, 6.45) is 5.13. The minimum Gasteiger partial charge on any atom is -0.392 e. The molecule has 0 radical (unpaired) electrons. The Labute approximate surface area is 130 Å². The first-order valence-electron chi connectivity index (χ1n) is 6.48. The van der Waals surface area contributed by atoms with E-state index in [9.17, 15) is 19.3 Å². The van der Waals surface area contributed by atoms with Crippen LogP contribution in [0.4, 0.5) is 15.8 Å². The van der Waals surface area contributed by atoms with Crippen LogP contribution in [0.1, 0.15) is 11.1 Å². The molecule has 0 saturated carbocycles. The second-order valence-electron chi connectivity index (χ2n) is 4.47. The standard InChI is InChI=1S/C15H12FN3O4/c16-12-3-1-10(14(7-12)19(22)23)2-4-15(21)18-13-8-17-6-5-11(13)9-20/h1-8,20H,9H2,(H,18,21)/b4-2+. The van der Waals surface area contributed by atoms with Gasteiger partial charge in [-0.1, -0.05) is 0 Å². The summed E-state index contributed by atoms with van der Waals surface area (Å²) in [4.78, 5) is 25.8. The zero-order chi connectivity index (χ0) is 16.8. The molecule has 1 aromatic heterocycles. The van der Waals surface area contributed by atoms with Crippen molar-refractivity contribution in [1.29, 1.82) is 0 Å². The third-order valence-electron chi connectivity index (χ3n) is 2.94. The van der Waals surface area contributed by atoms with Gasteiger partial charge in [0.25, 0.3) is 5.69 Å². The van der Waals surface area contributed by atoms with Gasteiger partial charge in [0.2, 0.25) is 5.91 Å². The molecule has 1 amide bonds. The van der Waals surface area contributed by atoms with Gasteiger partial charge >= 0.3 is 0 Å². The van der Waals surface area contributed by atoms with Crippen LogP contribution in [-0.2, 0) is 11.4 Å². The van der Waals surface area contributed by atoms with Crippen molar-refractivity contribution >= 4 is 23.4 Å². The van der Waals surface area contributed by atoms with Gasteiger partial charge in [-0.05, 0) is 24.3 Å². The molecule has 0 fully saturated rings. The molecule has 0 spiro atoms. The van der Waals surface area contributed by atoms with E-state index in [4.69, 9.17) is 5.11 Å². The number of nitro groups is 1. The van der Waals surface area contributed by atoms with Crippen molar-refractivity contribution in [2.75, 3.05) is 5.32 Å². The lowest BCUT2D eigenvalue weighted by Crippen LogP contribution is -2.10. The number of nitrogens with zero attached hydrogens (tertiary/aromatic N) is 2. The molecule has 23 heavy (non-hydrogen) atoms. The Morgan fingerprint density at radius 3 is 2.91 bits per heavy atom. The Hall–Kier alpha value is -3.13. The van der Waals surface area contributed by atoms with Gasteiger partial charge in [-0.15, -0.1) is 0 Å². The highest BCUT2D eigenvalue weighted by Crippen LogP contribution is 2.21. The van der Waals surface area contributed by atoms with Crippen LogP contribution in [0.2, 0.25) is 0 Å². The smallest absolute Gasteiger partial charge is 0.279 e. The van der Waals surface area contributed by atoms with E-state index in [0.717, 1.165) is 18.2 Å². The monoisotopic (exact) mass is 317 g/mol. The highest BCUT2D eigenvalue weighted by Gasteiger charge is 2.13. The number of nitro benzene ring substituents is 1. The number of nitrogens with one attached hydrogen (secondary N) is 1. The maximum atomic E-state index is 13.0. The fourth-order valence-corrected chi connectivity index (χ4v) is 1.83. The number of aliphatic hydroxyl groups is 1. The molecule has 7 nitrogen and oxygen atoms in total. The number of benzene rings is 1. The highest BCUT2D eigenvalue weighted by atomic mass is 19.1. The summed E-state index contributed by atoms with van der Waals surface area (Å²) in [6, 6.07) is 4.60. The van der Waals surface area contributed by atoms with Crippen molar-refractivity contribution in [1.82, 2.24) is 4.98 Å². The second-order valence-corrected chi connectivity index (χ2v) is 4.47. The molecule has 0 aliphatic heterocycles. The van der Waals surface area contributed by atoms with Crippen LogP contribution in [0.5, 0.6) is 0 Å². The van der Waals surface area contributed by atoms with Crippen molar-refractivity contribution in [3.8, 4) is 0 Å². The Morgan fingerprint density at radius 1 is 1.43 bits per heavy atom. The number of carbonyl (C=O) groups is 1. The third kappa shape index (κ3) is 4.17. The lowest BCUT2D eigenvalue weighted by atomic mass is 10.1. The normalized spacial score (nSPS) is 10.7. The molecule has 2 rings (SSSR count). The topological polar surface area (TPSA) is 105 Å². The molecule has 0 atom stereocenters. The van der Waals surface area contributed by atoms with E-state index >= 15 is 0 Å². The maximum absolute atomic E-state index is 13.0. The van der Waals surface area contributed by atoms with Crippen molar-refractivity contribution < 1.29 is 19.2 Å². The Morgan fingerprint density at radius 2 is 2.22 bits per heavy atom. The van der Waals surface area contributed by atoms with Gasteiger partial charge in [0, 0.05) is 17.8 Å². The lowest BCUT2D eigenvalue weighted by molar-refractivity contribution is -0.385. The number of aromatic nitrogens is 1. The predicted octanol–water partition coefficient (Wildman–Crippen LogP) is 2.27. The minimum absolute atomic E-state index is 0.0973. The van der Waals surface area contributed by atoms with E-state index in [1.807, 2.05) is 0 Å². The van der Waals surface area contributed by atoms with E-state index in [0.29, 0.717) is 11.3 Å². The van der Waals surface area contributed by atoms with E-state index < -0.39 is 22.3 Å². The second kappa shape index (κ2) is 7.23. The molecule has 2 aromatic rings. The van der Waals surface area contributed by atoms with Crippen LogP contribution in [0.3, 0.4) is 0 Å². The number of pyridine rings is 1. The van der Waals surface area contributed by atoms with E-state index in [2.05, 4.69) is 10.3 Å². The van der Waals surface area contributed by atoms with Crippen molar-refractivity contribution in [2.45, 2.75) is 6.61 Å². The molecule has 0 bridgehead atoms. The first kappa shape index (κ1) is 16.2. The SMILES string of the molecule is O=C(/C=C/c1ccc(F)cc1[N+](=O)[O-])Nc1cnccc1CO. The zero-order valence-electron chi connectivity index (χ0n) is 11.8. The van der Waals surface area contributed by atoms with E-state index in [-0.39, 0.29) is 12.2 Å². The van der Waals surface area contributed by atoms with Gasteiger partial charge in [0.05, 0.1) is 35.0 Å². The predicted molar refractivity (Wildman–Crippen MR) is 80.9 cm³/mol. The zero-order valence-corrected chi connectivity index (χ0v) is 11.8. The summed E-state index contributed by atoms with van der Waals surface area (Å²) >= 11 is 0. The van der Waals surface area contributed by atoms with Crippen LogP contribution in [0.15, 0.2) is 42.7 Å². The molecular formula is C15H12FN3O4. The molecule has 1 heterocycles. The summed E-state index contributed by atoms with van der Waals surface area (Å²) in [7, 11) is 0. The lowest BCUT2D eigenvalue weighted by Gasteiger charge is -2.06. The van der Waals surface area contributed by atoms with Crippen molar-refractivity contribution in [3.05, 3.63) is 69.8 Å². The van der Waals surface area contributed by atoms with Crippen LogP contribution in [0.25, 0.3) is 6.08 Å². The largest absolute Gasteiger partial charge is 0.392 e. The van der Waals surface area contributed by atoms with E-state index in [1.165, 1.54) is 24.5 Å². The summed E-state index contributed by atoms with van der Waals surface area (Å²) in [5.74, 6) is -1.30. The fraction of sp³-hybridized carbons (Fsp3) is 0.0667. The van der Waals surface area contributed by atoms with Gasteiger partial charge < -0.3 is 10.4 Å². The van der Waals surface area contributed by atoms with Gasteiger partial charge in [-0.3, -0.25) is 19.9 Å². The first-order valence-corrected chi connectivity index (χ1v) is 6.48. The number of hydrogen-bond acceptors (Lipinski definition) is 5. The number of amides is 1. The molecule has 8 heteroatoms. The maximum Gasteiger partial charge on any atom is 0.279 e. The average molecular weight is 317 g/mol. The van der Waals surface area contributed by atoms with E-state index in [1.54, 1.807) is 6.07 Å². The Balaban J connectivity index is 2.17. The average Bonchev–Trinajstić information content (AvgIpc) is 2.54. The van der Waals surface area contributed by atoms with Crippen molar-refractivity contribution in [3.63, 3.8) is 0 Å². The third-order valence-corrected chi connectivity index (χ3v) is 2.94. The molecule has 1 aromatic carbocycles. The molecule has 0 unspecified atom stereocenters. The Bertz CT molecular complexity index is 777. The number of rotatable bonds is 5. The molecule has 0 aliphatic carbocycles. The van der Waals surface area contributed by atoms with Gasteiger partial charge in [-0.25, -0.2) is 4.39 Å². The summed E-state index contributed by atoms with van der Waals surface area (Å²) < 4.78 is 13.0. The molecular weight excluding hydrogens is 305 g/mol. The number of carbonyl (C=O) groups excluding carboxylic acids is 1. The van der Waals surface area contributed by atoms with Crippen LogP contribution < -0.4 is 5.32 Å². The number of hydrogen-bond donors (Lipinski definition) is 2. The summed E-state index contributed by atoms with van der Waals surface area (Å²) in [5.41, 5.74) is 0.472. The molecule has 0 aliphatic rings. The highest BCUT2D eigenvalue weighted by molar-refractivity contribution is 6.02. The summed E-state index contributed by atoms with van der Waals surface area (Å²) in [5, 5.41) is 22.5. The minimum atomic E-state index is -0.735. The number of anilines is 1. The fourth-order valence-electron chi connectivity index (χ4n) is 1.83. The quantitative estimate of drug-likeness (QED) is 0.500. The summed E-state index contributed by atoms with van der Waals surface area (Å²) in [6.45, 7) is -0.273. The first-order chi connectivity index (χ1) is 11.0. The van der Waals surface area contributed by atoms with Crippen LogP contribution in [-0.4, -0.2) is 20.9 Å². The number of halogens is 1. The molecule has 118 valence electrons. The van der Waals surface area contributed by atoms with Crippen LogP contribution in [0, 0.1) is 15.9 Å². The van der Waals surface area contributed by atoms with Gasteiger partial charge in [-0.2, -0.15) is 0 Å². The van der Waals surface area contributed by atoms with Gasteiger partial charge in [0.15, 0.2) is 0 Å². The molecule has 2 N–H and O–H groups in total. The molecule has 0 saturated heterocycles. The Kier molecular flexibility index (Phi) is 5.11. The number of aliphatic hydroxyl groups excluding tert-OH is 1.